The number of piperidine rings is 1. The van der Waals surface area contributed by atoms with Gasteiger partial charge in [-0.25, -0.2) is 5.21 Å². The largest absolute Gasteiger partial charge is 0.316 e. The van der Waals surface area contributed by atoms with E-state index in [0.717, 1.165) is 12.8 Å². The predicted octanol–water partition coefficient (Wildman–Crippen LogP) is 0.200. The van der Waals surface area contributed by atoms with Crippen molar-refractivity contribution in [3.63, 3.8) is 0 Å². The van der Waals surface area contributed by atoms with Gasteiger partial charge in [-0.2, -0.15) is 5.06 Å². The van der Waals surface area contributed by atoms with Crippen molar-refractivity contribution in [2.24, 2.45) is 0 Å². The van der Waals surface area contributed by atoms with Gasteiger partial charge in [0.1, 0.15) is 11.1 Å². The highest BCUT2D eigenvalue weighted by Gasteiger charge is 2.48. The van der Waals surface area contributed by atoms with Crippen molar-refractivity contribution in [3.05, 3.63) is 0 Å². The monoisotopic (exact) mass is 187 g/mol. The molecule has 0 atom stereocenters. The molecule has 78 valence electrons. The van der Waals surface area contributed by atoms with Crippen molar-refractivity contribution in [1.29, 1.82) is 0 Å². The van der Waals surface area contributed by atoms with Gasteiger partial charge in [0, 0.05) is 18.9 Å². The Bertz CT molecular complexity index is 171. The summed E-state index contributed by atoms with van der Waals surface area (Å²) in [7, 11) is 2.00. The molecule has 0 aromatic heterocycles. The Kier molecular flexibility index (Phi) is 2.72. The number of hydrogen-bond donors (Lipinski definition) is 3. The topological polar surface area (TPSA) is 36.7 Å². The number of nitrogens with one attached hydrogen (secondary N) is 2. The number of hydrogen-bond acceptors (Lipinski definition) is 2. The molecule has 0 radical (unpaired) electrons. The van der Waals surface area contributed by atoms with Crippen LogP contribution in [0.4, 0.5) is 0 Å². The zero-order valence-electron chi connectivity index (χ0n) is 9.44. The van der Waals surface area contributed by atoms with Crippen LogP contribution in [0, 0.1) is 0 Å². The average Bonchev–Trinajstić information content (AvgIpc) is 1.99. The van der Waals surface area contributed by atoms with Gasteiger partial charge in [0.25, 0.3) is 0 Å². The van der Waals surface area contributed by atoms with E-state index in [-0.39, 0.29) is 11.1 Å². The van der Waals surface area contributed by atoms with E-state index in [1.165, 1.54) is 0 Å². The number of hydroxylamine groups is 2. The fraction of sp³-hybridized carbons (Fsp3) is 1.00. The summed E-state index contributed by atoms with van der Waals surface area (Å²) in [4.78, 5) is 0. The molecule has 13 heavy (non-hydrogen) atoms. The molecular formula is C10H23N2O+. The maximum atomic E-state index is 10.1. The lowest BCUT2D eigenvalue weighted by Crippen LogP contribution is -3.25. The first-order valence-corrected chi connectivity index (χ1v) is 5.04. The van der Waals surface area contributed by atoms with Crippen molar-refractivity contribution in [2.45, 2.75) is 57.7 Å². The molecule has 0 aliphatic carbocycles. The summed E-state index contributed by atoms with van der Waals surface area (Å²) >= 11 is 0. The van der Waals surface area contributed by atoms with Gasteiger partial charge in [0.2, 0.25) is 0 Å². The van der Waals surface area contributed by atoms with Gasteiger partial charge in [-0.15, -0.1) is 0 Å². The van der Waals surface area contributed by atoms with E-state index in [4.69, 9.17) is 0 Å². The van der Waals surface area contributed by atoms with Crippen LogP contribution in [0.5, 0.6) is 0 Å². The molecule has 1 aliphatic rings. The molecule has 3 N–H and O–H groups in total. The van der Waals surface area contributed by atoms with Crippen LogP contribution in [0.25, 0.3) is 0 Å². The maximum Gasteiger partial charge on any atom is 0.123 e. The van der Waals surface area contributed by atoms with Crippen LogP contribution in [0.1, 0.15) is 40.5 Å². The number of quaternary nitrogens is 1. The van der Waals surface area contributed by atoms with Crippen molar-refractivity contribution >= 4 is 0 Å². The molecule has 1 saturated heterocycles. The highest BCUT2D eigenvalue weighted by atomic mass is 16.5. The van der Waals surface area contributed by atoms with E-state index in [0.29, 0.717) is 11.1 Å². The molecule has 1 aliphatic heterocycles. The Hall–Kier alpha value is -0.120. The molecule has 1 heterocycles. The smallest absolute Gasteiger partial charge is 0.123 e. The van der Waals surface area contributed by atoms with Crippen molar-refractivity contribution in [2.75, 3.05) is 7.05 Å². The van der Waals surface area contributed by atoms with Crippen LogP contribution >= 0.6 is 0 Å². The quantitative estimate of drug-likeness (QED) is 0.548. The van der Waals surface area contributed by atoms with Gasteiger partial charge < -0.3 is 5.32 Å². The second kappa shape index (κ2) is 3.23. The first-order chi connectivity index (χ1) is 5.79. The third kappa shape index (κ3) is 2.03. The van der Waals surface area contributed by atoms with Gasteiger partial charge >= 0.3 is 0 Å². The Morgan fingerprint density at radius 1 is 1.15 bits per heavy atom. The molecule has 0 aromatic carbocycles. The fourth-order valence-corrected chi connectivity index (χ4v) is 2.62. The van der Waals surface area contributed by atoms with E-state index < -0.39 is 0 Å². The second-order valence-electron chi connectivity index (χ2n) is 5.51. The zero-order chi connectivity index (χ0) is 10.3. The molecular weight excluding hydrogens is 164 g/mol. The molecule has 0 aromatic rings. The van der Waals surface area contributed by atoms with E-state index >= 15 is 0 Å². The number of rotatable bonds is 1. The van der Waals surface area contributed by atoms with E-state index in [1.807, 2.05) is 7.05 Å². The Labute approximate surface area is 81.1 Å². The van der Waals surface area contributed by atoms with Crippen LogP contribution in [-0.2, 0) is 0 Å². The minimum atomic E-state index is -0.0462. The second-order valence-corrected chi connectivity index (χ2v) is 5.51. The van der Waals surface area contributed by atoms with Gasteiger partial charge in [-0.05, 0) is 34.7 Å². The van der Waals surface area contributed by atoms with Crippen LogP contribution in [0.2, 0.25) is 0 Å². The van der Waals surface area contributed by atoms with Crippen molar-refractivity contribution in [3.8, 4) is 0 Å². The Morgan fingerprint density at radius 3 is 1.85 bits per heavy atom. The fourth-order valence-electron chi connectivity index (χ4n) is 2.62. The summed E-state index contributed by atoms with van der Waals surface area (Å²) < 4.78 is 0. The molecule has 0 spiro atoms. The first kappa shape index (κ1) is 11.0. The van der Waals surface area contributed by atoms with Crippen molar-refractivity contribution in [1.82, 2.24) is 5.32 Å². The van der Waals surface area contributed by atoms with Crippen LogP contribution in [0.3, 0.4) is 0 Å². The molecule has 0 amide bonds. The minimum absolute atomic E-state index is 0.0462. The standard InChI is InChI=1S/C10H22N2O/c1-9(2)6-8(11-5)7-10(3,4)12(9)13/h8,11,13H,6-7H2,1-5H3/p+1. The highest BCUT2D eigenvalue weighted by Crippen LogP contribution is 2.22. The van der Waals surface area contributed by atoms with Gasteiger partial charge in [-0.3, -0.25) is 0 Å². The predicted molar refractivity (Wildman–Crippen MR) is 53.0 cm³/mol. The lowest BCUT2D eigenvalue weighted by atomic mass is 9.79. The SMILES string of the molecule is CNC1CC(C)(C)[NH+](O)C(C)(C)C1. The summed E-state index contributed by atoms with van der Waals surface area (Å²) in [6.45, 7) is 8.47. The summed E-state index contributed by atoms with van der Waals surface area (Å²) in [5.41, 5.74) is -0.0924. The summed E-state index contributed by atoms with van der Waals surface area (Å²) in [6, 6.07) is 0.529. The molecule has 0 saturated carbocycles. The van der Waals surface area contributed by atoms with E-state index in [2.05, 4.69) is 33.0 Å². The maximum absolute atomic E-state index is 10.1. The molecule has 1 rings (SSSR count). The van der Waals surface area contributed by atoms with Crippen LogP contribution in [0.15, 0.2) is 0 Å². The normalized spacial score (nSPS) is 37.4. The Balaban J connectivity index is 2.82. The summed E-state index contributed by atoms with van der Waals surface area (Å²) in [6.07, 6.45) is 2.05. The molecule has 1 fully saturated rings. The molecule has 0 unspecified atom stereocenters. The van der Waals surface area contributed by atoms with Gasteiger partial charge in [0.15, 0.2) is 0 Å². The van der Waals surface area contributed by atoms with Crippen molar-refractivity contribution < 1.29 is 10.3 Å². The average molecular weight is 187 g/mol. The van der Waals surface area contributed by atoms with Crippen LogP contribution in [-0.4, -0.2) is 29.4 Å². The minimum Gasteiger partial charge on any atom is -0.316 e. The lowest BCUT2D eigenvalue weighted by molar-refractivity contribution is -1.16. The first-order valence-electron chi connectivity index (χ1n) is 5.04. The Morgan fingerprint density at radius 2 is 1.54 bits per heavy atom. The molecule has 0 bridgehead atoms. The third-order valence-electron chi connectivity index (χ3n) is 3.20. The zero-order valence-corrected chi connectivity index (χ0v) is 9.44. The van der Waals surface area contributed by atoms with Gasteiger partial charge in [0.05, 0.1) is 0 Å². The highest BCUT2D eigenvalue weighted by molar-refractivity contribution is 4.87. The molecule has 3 nitrogen and oxygen atoms in total. The third-order valence-corrected chi connectivity index (χ3v) is 3.20. The lowest BCUT2D eigenvalue weighted by Gasteiger charge is -2.47. The van der Waals surface area contributed by atoms with Crippen LogP contribution < -0.4 is 10.4 Å². The van der Waals surface area contributed by atoms with Gasteiger partial charge in [-0.1, -0.05) is 0 Å². The summed E-state index contributed by atoms with van der Waals surface area (Å²) in [5.74, 6) is 0. The summed E-state index contributed by atoms with van der Waals surface area (Å²) in [5, 5.41) is 14.0. The van der Waals surface area contributed by atoms with E-state index in [1.54, 1.807) is 0 Å². The van der Waals surface area contributed by atoms with E-state index in [9.17, 15) is 5.21 Å². The molecule has 3 heteroatoms.